The van der Waals surface area contributed by atoms with E-state index >= 15 is 0 Å². The van der Waals surface area contributed by atoms with Gasteiger partial charge in [0, 0.05) is 13.1 Å². The SMILES string of the molecule is CC1(C(=O)N2CCCC2C(=O)O)CCNC1. The van der Waals surface area contributed by atoms with Gasteiger partial charge in [0.2, 0.25) is 5.91 Å². The highest BCUT2D eigenvalue weighted by Gasteiger charge is 2.44. The van der Waals surface area contributed by atoms with Crippen LogP contribution in [0.1, 0.15) is 26.2 Å². The van der Waals surface area contributed by atoms with Crippen molar-refractivity contribution in [3.63, 3.8) is 0 Å². The second kappa shape index (κ2) is 4.05. The van der Waals surface area contributed by atoms with Crippen molar-refractivity contribution in [1.29, 1.82) is 0 Å². The summed E-state index contributed by atoms with van der Waals surface area (Å²) in [5, 5.41) is 12.2. The van der Waals surface area contributed by atoms with Crippen molar-refractivity contribution in [3.8, 4) is 0 Å². The summed E-state index contributed by atoms with van der Waals surface area (Å²) >= 11 is 0. The van der Waals surface area contributed by atoms with E-state index in [2.05, 4.69) is 5.32 Å². The van der Waals surface area contributed by atoms with Crippen LogP contribution in [-0.4, -0.2) is 47.6 Å². The Hall–Kier alpha value is -1.10. The largest absolute Gasteiger partial charge is 0.480 e. The molecule has 2 aliphatic heterocycles. The van der Waals surface area contributed by atoms with Crippen LogP contribution in [0.5, 0.6) is 0 Å². The predicted molar refractivity (Wildman–Crippen MR) is 58.0 cm³/mol. The Balaban J connectivity index is 2.12. The van der Waals surface area contributed by atoms with E-state index in [9.17, 15) is 9.59 Å². The molecular formula is C11H18N2O3. The van der Waals surface area contributed by atoms with E-state index in [0.717, 1.165) is 19.4 Å². The van der Waals surface area contributed by atoms with Crippen LogP contribution in [0.3, 0.4) is 0 Å². The molecule has 2 unspecified atom stereocenters. The van der Waals surface area contributed by atoms with Crippen LogP contribution in [0.15, 0.2) is 0 Å². The van der Waals surface area contributed by atoms with E-state index < -0.39 is 17.4 Å². The van der Waals surface area contributed by atoms with Gasteiger partial charge in [-0.3, -0.25) is 4.79 Å². The van der Waals surface area contributed by atoms with E-state index in [1.807, 2.05) is 6.92 Å². The van der Waals surface area contributed by atoms with Gasteiger partial charge in [0.05, 0.1) is 5.41 Å². The Kier molecular flexibility index (Phi) is 2.88. The molecule has 2 saturated heterocycles. The zero-order valence-corrected chi connectivity index (χ0v) is 9.53. The van der Waals surface area contributed by atoms with Gasteiger partial charge in [-0.05, 0) is 32.7 Å². The molecule has 5 nitrogen and oxygen atoms in total. The lowest BCUT2D eigenvalue weighted by Gasteiger charge is -2.30. The third kappa shape index (κ3) is 1.80. The van der Waals surface area contributed by atoms with E-state index in [0.29, 0.717) is 19.5 Å². The maximum atomic E-state index is 12.3. The first-order valence-corrected chi connectivity index (χ1v) is 5.79. The summed E-state index contributed by atoms with van der Waals surface area (Å²) in [7, 11) is 0. The Morgan fingerprint density at radius 3 is 2.81 bits per heavy atom. The third-order valence-corrected chi connectivity index (χ3v) is 3.68. The number of carboxylic acid groups (broad SMARTS) is 1. The molecule has 2 atom stereocenters. The summed E-state index contributed by atoms with van der Waals surface area (Å²) in [4.78, 5) is 24.9. The van der Waals surface area contributed by atoms with Gasteiger partial charge in [-0.1, -0.05) is 0 Å². The number of nitrogens with zero attached hydrogens (tertiary/aromatic N) is 1. The molecule has 0 spiro atoms. The first-order chi connectivity index (χ1) is 7.54. The van der Waals surface area contributed by atoms with Crippen molar-refractivity contribution < 1.29 is 14.7 Å². The van der Waals surface area contributed by atoms with Crippen molar-refractivity contribution in [2.75, 3.05) is 19.6 Å². The normalized spacial score (nSPS) is 34.3. The highest BCUT2D eigenvalue weighted by Crippen LogP contribution is 2.31. The molecule has 0 saturated carbocycles. The summed E-state index contributed by atoms with van der Waals surface area (Å²) in [6.07, 6.45) is 2.19. The number of carbonyl (C=O) groups excluding carboxylic acids is 1. The van der Waals surface area contributed by atoms with Gasteiger partial charge in [-0.15, -0.1) is 0 Å². The molecule has 2 N–H and O–H groups in total. The summed E-state index contributed by atoms with van der Waals surface area (Å²) in [5.74, 6) is -0.872. The van der Waals surface area contributed by atoms with Crippen molar-refractivity contribution in [2.45, 2.75) is 32.2 Å². The summed E-state index contributed by atoms with van der Waals surface area (Å²) in [6, 6.07) is -0.607. The van der Waals surface area contributed by atoms with Crippen molar-refractivity contribution in [1.82, 2.24) is 10.2 Å². The molecule has 0 aromatic carbocycles. The van der Waals surface area contributed by atoms with E-state index in [1.54, 1.807) is 4.90 Å². The Morgan fingerprint density at radius 2 is 2.25 bits per heavy atom. The molecule has 2 fully saturated rings. The van der Waals surface area contributed by atoms with Gasteiger partial charge in [0.1, 0.15) is 6.04 Å². The van der Waals surface area contributed by atoms with E-state index in [1.165, 1.54) is 0 Å². The topological polar surface area (TPSA) is 69.6 Å². The number of amides is 1. The number of carboxylic acids is 1. The monoisotopic (exact) mass is 226 g/mol. The van der Waals surface area contributed by atoms with Crippen LogP contribution >= 0.6 is 0 Å². The number of rotatable bonds is 2. The minimum atomic E-state index is -0.875. The van der Waals surface area contributed by atoms with Gasteiger partial charge < -0.3 is 15.3 Å². The summed E-state index contributed by atoms with van der Waals surface area (Å²) < 4.78 is 0. The first kappa shape index (κ1) is 11.4. The number of hydrogen-bond acceptors (Lipinski definition) is 3. The lowest BCUT2D eigenvalue weighted by molar-refractivity contribution is -0.152. The van der Waals surface area contributed by atoms with Gasteiger partial charge in [0.15, 0.2) is 0 Å². The molecule has 5 heteroatoms. The molecule has 2 aliphatic rings. The van der Waals surface area contributed by atoms with Crippen molar-refractivity contribution >= 4 is 11.9 Å². The molecule has 0 aromatic heterocycles. The van der Waals surface area contributed by atoms with Crippen LogP contribution in [0.2, 0.25) is 0 Å². The Labute approximate surface area is 94.8 Å². The zero-order chi connectivity index (χ0) is 11.8. The van der Waals surface area contributed by atoms with E-state index in [4.69, 9.17) is 5.11 Å². The Morgan fingerprint density at radius 1 is 1.50 bits per heavy atom. The summed E-state index contributed by atoms with van der Waals surface area (Å²) in [5.41, 5.74) is -0.405. The molecule has 0 bridgehead atoms. The minimum Gasteiger partial charge on any atom is -0.480 e. The van der Waals surface area contributed by atoms with Gasteiger partial charge >= 0.3 is 5.97 Å². The van der Waals surface area contributed by atoms with Crippen LogP contribution in [0.25, 0.3) is 0 Å². The summed E-state index contributed by atoms with van der Waals surface area (Å²) in [6.45, 7) is 4.01. The fourth-order valence-corrected chi connectivity index (χ4v) is 2.61. The molecule has 1 amide bonds. The van der Waals surface area contributed by atoms with Crippen LogP contribution in [0.4, 0.5) is 0 Å². The molecule has 0 aliphatic carbocycles. The predicted octanol–water partition coefficient (Wildman–Crippen LogP) is 0.0616. The molecule has 2 heterocycles. The van der Waals surface area contributed by atoms with Gasteiger partial charge in [-0.25, -0.2) is 4.79 Å². The number of nitrogens with one attached hydrogen (secondary N) is 1. The quantitative estimate of drug-likeness (QED) is 0.698. The van der Waals surface area contributed by atoms with E-state index in [-0.39, 0.29) is 5.91 Å². The second-order valence-corrected chi connectivity index (χ2v) is 4.98. The minimum absolute atomic E-state index is 0.00222. The van der Waals surface area contributed by atoms with Crippen molar-refractivity contribution in [2.24, 2.45) is 5.41 Å². The lowest BCUT2D eigenvalue weighted by atomic mass is 9.88. The fourth-order valence-electron chi connectivity index (χ4n) is 2.61. The standard InChI is InChI=1S/C11H18N2O3/c1-11(4-5-12-7-11)10(16)13-6-2-3-8(13)9(14)15/h8,12H,2-7H2,1H3,(H,14,15). The average molecular weight is 226 g/mol. The van der Waals surface area contributed by atoms with Crippen LogP contribution in [0, 0.1) is 5.41 Å². The smallest absolute Gasteiger partial charge is 0.326 e. The van der Waals surface area contributed by atoms with Crippen LogP contribution in [-0.2, 0) is 9.59 Å². The second-order valence-electron chi connectivity index (χ2n) is 4.98. The van der Waals surface area contributed by atoms with Gasteiger partial charge in [-0.2, -0.15) is 0 Å². The molecule has 16 heavy (non-hydrogen) atoms. The van der Waals surface area contributed by atoms with Crippen molar-refractivity contribution in [3.05, 3.63) is 0 Å². The number of carbonyl (C=O) groups is 2. The lowest BCUT2D eigenvalue weighted by Crippen LogP contribution is -2.48. The number of hydrogen-bond donors (Lipinski definition) is 2. The fraction of sp³-hybridized carbons (Fsp3) is 0.818. The zero-order valence-electron chi connectivity index (χ0n) is 9.53. The first-order valence-electron chi connectivity index (χ1n) is 5.79. The van der Waals surface area contributed by atoms with Crippen LogP contribution < -0.4 is 5.32 Å². The maximum absolute atomic E-state index is 12.3. The molecule has 2 rings (SSSR count). The Bertz CT molecular complexity index is 310. The highest BCUT2D eigenvalue weighted by molar-refractivity contribution is 5.88. The highest BCUT2D eigenvalue weighted by atomic mass is 16.4. The third-order valence-electron chi connectivity index (χ3n) is 3.68. The number of likely N-dealkylation sites (tertiary alicyclic amines) is 1. The molecular weight excluding hydrogens is 208 g/mol. The molecule has 0 radical (unpaired) electrons. The molecule has 0 aromatic rings. The van der Waals surface area contributed by atoms with Gasteiger partial charge in [0.25, 0.3) is 0 Å². The average Bonchev–Trinajstić information content (AvgIpc) is 2.85. The maximum Gasteiger partial charge on any atom is 0.326 e. The molecule has 90 valence electrons. The number of aliphatic carboxylic acids is 1.